The Morgan fingerprint density at radius 2 is 2.26 bits per heavy atom. The van der Waals surface area contributed by atoms with E-state index in [1.807, 2.05) is 11.8 Å². The molecule has 3 aliphatic heterocycles. The fourth-order valence-corrected chi connectivity index (χ4v) is 4.14. The predicted molar refractivity (Wildman–Crippen MR) is 92.6 cm³/mol. The van der Waals surface area contributed by atoms with E-state index in [9.17, 15) is 14.3 Å². The normalized spacial score (nSPS) is 26.1. The fraction of sp³-hybridized carbons (Fsp3) is 0.500. The van der Waals surface area contributed by atoms with Crippen molar-refractivity contribution in [3.05, 3.63) is 23.6 Å². The number of hydrogen-bond donors (Lipinski definition) is 1. The van der Waals surface area contributed by atoms with Gasteiger partial charge < -0.3 is 19.5 Å². The van der Waals surface area contributed by atoms with E-state index in [0.29, 0.717) is 31.1 Å². The summed E-state index contributed by atoms with van der Waals surface area (Å²) in [6, 6.07) is 2.90. The van der Waals surface area contributed by atoms with E-state index in [1.54, 1.807) is 10.7 Å². The lowest BCUT2D eigenvalue weighted by Gasteiger charge is -2.29. The Morgan fingerprint density at radius 1 is 1.41 bits per heavy atom. The highest BCUT2D eigenvalue weighted by Crippen LogP contribution is 2.40. The predicted octanol–water partition coefficient (Wildman–Crippen LogP) is 1.93. The van der Waals surface area contributed by atoms with E-state index in [2.05, 4.69) is 10.1 Å². The number of pyridine rings is 1. The molecule has 2 aromatic heterocycles. The van der Waals surface area contributed by atoms with Gasteiger partial charge in [0.1, 0.15) is 17.1 Å². The summed E-state index contributed by atoms with van der Waals surface area (Å²) in [5.74, 6) is -1.07. The van der Waals surface area contributed by atoms with Gasteiger partial charge in [0.05, 0.1) is 24.9 Å². The van der Waals surface area contributed by atoms with Gasteiger partial charge in [-0.1, -0.05) is 0 Å². The summed E-state index contributed by atoms with van der Waals surface area (Å²) in [7, 11) is 0. The van der Waals surface area contributed by atoms with Gasteiger partial charge in [-0.05, 0) is 25.5 Å². The minimum atomic E-state index is -1.12. The lowest BCUT2D eigenvalue weighted by molar-refractivity contribution is 0.0684. The van der Waals surface area contributed by atoms with E-state index in [-0.39, 0.29) is 35.4 Å². The highest BCUT2D eigenvalue weighted by atomic mass is 19.1. The van der Waals surface area contributed by atoms with Crippen LogP contribution in [0.5, 0.6) is 5.88 Å². The smallest absolute Gasteiger partial charge is 0.343 e. The number of rotatable bonds is 3. The van der Waals surface area contributed by atoms with Crippen LogP contribution in [0.2, 0.25) is 0 Å². The molecule has 142 valence electrons. The van der Waals surface area contributed by atoms with Crippen LogP contribution in [0.1, 0.15) is 30.1 Å². The molecule has 0 radical (unpaired) electrons. The van der Waals surface area contributed by atoms with Gasteiger partial charge in [0.2, 0.25) is 11.8 Å². The van der Waals surface area contributed by atoms with Crippen LogP contribution in [0.25, 0.3) is 11.3 Å². The van der Waals surface area contributed by atoms with Crippen molar-refractivity contribution in [2.24, 2.45) is 0 Å². The third-order valence-electron chi connectivity index (χ3n) is 5.45. The van der Waals surface area contributed by atoms with Gasteiger partial charge in [0.15, 0.2) is 0 Å². The Kier molecular flexibility index (Phi) is 3.61. The van der Waals surface area contributed by atoms with E-state index in [0.717, 1.165) is 12.8 Å². The summed E-state index contributed by atoms with van der Waals surface area (Å²) in [6.07, 6.45) is 1.63. The quantitative estimate of drug-likeness (QED) is 0.821. The second-order valence-corrected chi connectivity index (χ2v) is 7.28. The van der Waals surface area contributed by atoms with Crippen molar-refractivity contribution >= 4 is 11.8 Å². The molecule has 5 rings (SSSR count). The lowest BCUT2D eigenvalue weighted by Crippen LogP contribution is -2.38. The number of morpholine rings is 1. The molecule has 0 saturated carbocycles. The van der Waals surface area contributed by atoms with Gasteiger partial charge in [-0.15, -0.1) is 0 Å². The van der Waals surface area contributed by atoms with Crippen molar-refractivity contribution in [1.82, 2.24) is 14.8 Å². The maximum Gasteiger partial charge on any atom is 0.343 e. The second kappa shape index (κ2) is 5.91. The zero-order chi connectivity index (χ0) is 18.7. The molecule has 0 aromatic carbocycles. The van der Waals surface area contributed by atoms with Crippen LogP contribution in [-0.4, -0.2) is 57.2 Å². The number of aromatic nitrogens is 3. The zero-order valence-corrected chi connectivity index (χ0v) is 14.8. The Bertz CT molecular complexity index is 930. The largest absolute Gasteiger partial charge is 0.477 e. The average molecular weight is 374 g/mol. The summed E-state index contributed by atoms with van der Waals surface area (Å²) >= 11 is 0. The molecule has 2 fully saturated rings. The van der Waals surface area contributed by atoms with Gasteiger partial charge in [-0.25, -0.2) is 14.5 Å². The fourth-order valence-electron chi connectivity index (χ4n) is 4.14. The van der Waals surface area contributed by atoms with Crippen molar-refractivity contribution in [3.8, 4) is 17.1 Å². The summed E-state index contributed by atoms with van der Waals surface area (Å²) in [5.41, 5.74) is 0.758. The standard InChI is InChI=1S/C18H19FN4O4/c1-9-4-5-23-17(27-9)14(18(24)25)15(21-23)12-2-3-13(19)20-16(12)22-7-11-6-10(22)8-26-11/h2-3,9-11H,4-8H2,1H3,(H,24,25)/t9-,10+,11+/m1/s1. The molecule has 3 aliphatic rings. The van der Waals surface area contributed by atoms with Gasteiger partial charge in [-0.2, -0.15) is 9.49 Å². The monoisotopic (exact) mass is 374 g/mol. The average Bonchev–Trinajstić information content (AvgIpc) is 3.34. The minimum Gasteiger partial charge on any atom is -0.477 e. The van der Waals surface area contributed by atoms with Crippen molar-refractivity contribution in [3.63, 3.8) is 0 Å². The van der Waals surface area contributed by atoms with Crippen molar-refractivity contribution in [2.45, 2.75) is 44.6 Å². The molecule has 2 bridgehead atoms. The molecule has 2 aromatic rings. The van der Waals surface area contributed by atoms with Crippen LogP contribution in [0.3, 0.4) is 0 Å². The highest BCUT2D eigenvalue weighted by molar-refractivity contribution is 5.99. The topological polar surface area (TPSA) is 89.7 Å². The maximum atomic E-state index is 14.0. The molecule has 1 N–H and O–H groups in total. The zero-order valence-electron chi connectivity index (χ0n) is 14.8. The molecule has 0 unspecified atom stereocenters. The van der Waals surface area contributed by atoms with E-state index in [4.69, 9.17) is 9.47 Å². The van der Waals surface area contributed by atoms with Crippen molar-refractivity contribution in [1.29, 1.82) is 0 Å². The van der Waals surface area contributed by atoms with Crippen LogP contribution >= 0.6 is 0 Å². The van der Waals surface area contributed by atoms with E-state index < -0.39 is 11.9 Å². The molecule has 3 atom stereocenters. The minimum absolute atomic E-state index is 0.00295. The Balaban J connectivity index is 1.66. The van der Waals surface area contributed by atoms with Crippen molar-refractivity contribution < 1.29 is 23.8 Å². The molecule has 0 spiro atoms. The first-order valence-corrected chi connectivity index (χ1v) is 9.07. The first kappa shape index (κ1) is 16.5. The molecular weight excluding hydrogens is 355 g/mol. The SMILES string of the molecule is C[C@@H]1CCn2nc(-c3ccc(F)nc3N3C[C@@H]4C[C@H]3CO4)c(C(=O)O)c2O1. The Labute approximate surface area is 154 Å². The van der Waals surface area contributed by atoms with E-state index >= 15 is 0 Å². The van der Waals surface area contributed by atoms with Crippen LogP contribution in [0.4, 0.5) is 10.2 Å². The number of carboxylic acid groups (broad SMARTS) is 1. The number of halogens is 1. The third kappa shape index (κ3) is 2.56. The first-order chi connectivity index (χ1) is 13.0. The second-order valence-electron chi connectivity index (χ2n) is 7.28. The molecule has 8 nitrogen and oxygen atoms in total. The lowest BCUT2D eigenvalue weighted by atomic mass is 10.1. The number of ether oxygens (including phenoxy) is 2. The summed E-state index contributed by atoms with van der Waals surface area (Å²) in [4.78, 5) is 18.1. The summed E-state index contributed by atoms with van der Waals surface area (Å²) < 4.78 is 26.9. The Morgan fingerprint density at radius 3 is 2.96 bits per heavy atom. The maximum absolute atomic E-state index is 14.0. The van der Waals surface area contributed by atoms with Crippen molar-refractivity contribution in [2.75, 3.05) is 18.1 Å². The number of anilines is 1. The molecule has 27 heavy (non-hydrogen) atoms. The molecule has 9 heteroatoms. The molecule has 0 aliphatic carbocycles. The van der Waals surface area contributed by atoms with Crippen LogP contribution in [0, 0.1) is 5.95 Å². The number of carboxylic acids is 1. The summed E-state index contributed by atoms with van der Waals surface area (Å²) in [6.45, 7) is 3.64. The van der Waals surface area contributed by atoms with Gasteiger partial charge in [0, 0.05) is 25.1 Å². The first-order valence-electron chi connectivity index (χ1n) is 9.07. The van der Waals surface area contributed by atoms with E-state index in [1.165, 1.54) is 6.07 Å². The number of aryl methyl sites for hydroxylation is 1. The van der Waals surface area contributed by atoms with Gasteiger partial charge in [-0.3, -0.25) is 0 Å². The Hall–Kier alpha value is -2.68. The van der Waals surface area contributed by atoms with Crippen LogP contribution in [0.15, 0.2) is 12.1 Å². The third-order valence-corrected chi connectivity index (χ3v) is 5.45. The molecule has 2 saturated heterocycles. The van der Waals surface area contributed by atoms with Gasteiger partial charge >= 0.3 is 5.97 Å². The van der Waals surface area contributed by atoms with Crippen LogP contribution in [-0.2, 0) is 11.3 Å². The summed E-state index contributed by atoms with van der Waals surface area (Å²) in [5, 5.41) is 14.3. The van der Waals surface area contributed by atoms with Crippen LogP contribution < -0.4 is 9.64 Å². The van der Waals surface area contributed by atoms with Gasteiger partial charge in [0.25, 0.3) is 0 Å². The number of aromatic carboxylic acids is 1. The number of fused-ring (bicyclic) bond motifs is 3. The molecule has 0 amide bonds. The molecular formula is C18H19FN4O4. The molecule has 5 heterocycles. The highest BCUT2D eigenvalue weighted by Gasteiger charge is 2.41. The number of hydrogen-bond acceptors (Lipinski definition) is 6. The number of nitrogens with zero attached hydrogens (tertiary/aromatic N) is 4. The number of carbonyl (C=O) groups is 1.